The fourth-order valence-corrected chi connectivity index (χ4v) is 1.79. The van der Waals surface area contributed by atoms with Crippen LogP contribution < -0.4 is 5.32 Å². The Morgan fingerprint density at radius 1 is 1.15 bits per heavy atom. The lowest BCUT2D eigenvalue weighted by Crippen LogP contribution is -2.13. The minimum Gasteiger partial charge on any atom is -0.469 e. The number of carbonyl (C=O) groups excluding carboxylic acids is 3. The minimum atomic E-state index is -0.397. The summed E-state index contributed by atoms with van der Waals surface area (Å²) in [5, 5.41) is 2.81. The third kappa shape index (κ3) is 3.91. The Balaban J connectivity index is 1.88. The fourth-order valence-electron chi connectivity index (χ4n) is 1.79. The molecule has 1 fully saturated rings. The molecule has 106 valence electrons. The van der Waals surface area contributed by atoms with Crippen LogP contribution in [-0.2, 0) is 14.3 Å². The number of esters is 1. The molecule has 0 atom stereocenters. The van der Waals surface area contributed by atoms with Gasteiger partial charge in [0.05, 0.1) is 13.5 Å². The second-order valence-electron chi connectivity index (χ2n) is 4.84. The van der Waals surface area contributed by atoms with Crippen molar-refractivity contribution in [1.82, 2.24) is 0 Å². The number of hydrogen-bond donors (Lipinski definition) is 1. The molecule has 0 heterocycles. The van der Waals surface area contributed by atoms with Gasteiger partial charge in [-0.1, -0.05) is 0 Å². The van der Waals surface area contributed by atoms with Crippen LogP contribution in [0.3, 0.4) is 0 Å². The average molecular weight is 275 g/mol. The van der Waals surface area contributed by atoms with Gasteiger partial charge in [-0.2, -0.15) is 0 Å². The summed E-state index contributed by atoms with van der Waals surface area (Å²) in [5.41, 5.74) is 1.21. The van der Waals surface area contributed by atoms with Gasteiger partial charge in [0.1, 0.15) is 0 Å². The van der Waals surface area contributed by atoms with Crippen LogP contribution >= 0.6 is 0 Å². The van der Waals surface area contributed by atoms with Gasteiger partial charge < -0.3 is 10.1 Å². The molecule has 1 N–H and O–H groups in total. The molecule has 1 aromatic carbocycles. The van der Waals surface area contributed by atoms with Gasteiger partial charge in [0.2, 0.25) is 5.91 Å². The molecular formula is C15H17NO4. The van der Waals surface area contributed by atoms with Gasteiger partial charge in [-0.25, -0.2) is 0 Å². The number of anilines is 1. The summed E-state index contributed by atoms with van der Waals surface area (Å²) in [5.74, 6) is -0.326. The molecular weight excluding hydrogens is 258 g/mol. The van der Waals surface area contributed by atoms with Crippen LogP contribution in [0.4, 0.5) is 5.69 Å². The van der Waals surface area contributed by atoms with Crippen LogP contribution in [0.5, 0.6) is 0 Å². The second kappa shape index (κ2) is 6.32. The van der Waals surface area contributed by atoms with Gasteiger partial charge >= 0.3 is 5.97 Å². The lowest BCUT2D eigenvalue weighted by atomic mass is 10.1. The highest BCUT2D eigenvalue weighted by molar-refractivity contribution is 5.98. The number of amides is 1. The highest BCUT2D eigenvalue weighted by Gasteiger charge is 2.29. The highest BCUT2D eigenvalue weighted by Crippen LogP contribution is 2.30. The first-order valence-electron chi connectivity index (χ1n) is 6.61. The van der Waals surface area contributed by atoms with E-state index in [2.05, 4.69) is 10.1 Å². The first-order valence-corrected chi connectivity index (χ1v) is 6.61. The van der Waals surface area contributed by atoms with Crippen LogP contribution in [0.15, 0.2) is 24.3 Å². The smallest absolute Gasteiger partial charge is 0.305 e. The molecule has 0 aliphatic heterocycles. The molecule has 5 nitrogen and oxygen atoms in total. The van der Waals surface area contributed by atoms with Crippen molar-refractivity contribution < 1.29 is 19.1 Å². The Bertz CT molecular complexity index is 517. The Morgan fingerprint density at radius 2 is 1.80 bits per heavy atom. The SMILES string of the molecule is COC(=O)CCC(=O)c1ccc(NC(=O)C2CC2)cc1. The third-order valence-corrected chi connectivity index (χ3v) is 3.21. The third-order valence-electron chi connectivity index (χ3n) is 3.21. The normalized spacial score (nSPS) is 13.7. The first kappa shape index (κ1) is 14.2. The van der Waals surface area contributed by atoms with Crippen LogP contribution in [0.2, 0.25) is 0 Å². The zero-order chi connectivity index (χ0) is 14.5. The largest absolute Gasteiger partial charge is 0.469 e. The second-order valence-corrected chi connectivity index (χ2v) is 4.84. The van der Waals surface area contributed by atoms with Crippen molar-refractivity contribution in [3.8, 4) is 0 Å². The van der Waals surface area contributed by atoms with Gasteiger partial charge in [0.15, 0.2) is 5.78 Å². The molecule has 0 saturated heterocycles. The van der Waals surface area contributed by atoms with E-state index < -0.39 is 5.97 Å². The zero-order valence-electron chi connectivity index (χ0n) is 11.3. The van der Waals surface area contributed by atoms with Crippen molar-refractivity contribution in [2.24, 2.45) is 5.92 Å². The summed E-state index contributed by atoms with van der Waals surface area (Å²) >= 11 is 0. The van der Waals surface area contributed by atoms with E-state index in [1.807, 2.05) is 0 Å². The molecule has 1 saturated carbocycles. The fraction of sp³-hybridized carbons (Fsp3) is 0.400. The van der Waals surface area contributed by atoms with Crippen molar-refractivity contribution in [1.29, 1.82) is 0 Å². The number of rotatable bonds is 6. The van der Waals surface area contributed by atoms with Crippen molar-refractivity contribution in [2.45, 2.75) is 25.7 Å². The van der Waals surface area contributed by atoms with Crippen LogP contribution in [0.1, 0.15) is 36.0 Å². The summed E-state index contributed by atoms with van der Waals surface area (Å²) in [6.45, 7) is 0. The van der Waals surface area contributed by atoms with Crippen molar-refractivity contribution in [3.63, 3.8) is 0 Å². The Labute approximate surface area is 117 Å². The Kier molecular flexibility index (Phi) is 4.50. The topological polar surface area (TPSA) is 72.5 Å². The zero-order valence-corrected chi connectivity index (χ0v) is 11.3. The monoisotopic (exact) mass is 275 g/mol. The van der Waals surface area contributed by atoms with Crippen molar-refractivity contribution in [3.05, 3.63) is 29.8 Å². The summed E-state index contributed by atoms with van der Waals surface area (Å²) in [6, 6.07) is 6.71. The molecule has 0 spiro atoms. The summed E-state index contributed by atoms with van der Waals surface area (Å²) in [6.07, 6.45) is 2.11. The summed E-state index contributed by atoms with van der Waals surface area (Å²) < 4.78 is 4.49. The highest BCUT2D eigenvalue weighted by atomic mass is 16.5. The molecule has 1 aliphatic carbocycles. The molecule has 0 bridgehead atoms. The van der Waals surface area contributed by atoms with Gasteiger partial charge in [0.25, 0.3) is 0 Å². The molecule has 2 rings (SSSR count). The van der Waals surface area contributed by atoms with Crippen LogP contribution in [0, 0.1) is 5.92 Å². The maximum absolute atomic E-state index is 11.8. The molecule has 5 heteroatoms. The van der Waals surface area contributed by atoms with E-state index in [-0.39, 0.29) is 30.4 Å². The maximum atomic E-state index is 11.8. The van der Waals surface area contributed by atoms with Crippen LogP contribution in [0.25, 0.3) is 0 Å². The molecule has 1 aromatic rings. The number of Topliss-reactive ketones (excluding diaryl/α,β-unsaturated/α-hetero) is 1. The number of carbonyl (C=O) groups is 3. The first-order chi connectivity index (χ1) is 9.60. The number of methoxy groups -OCH3 is 1. The molecule has 20 heavy (non-hydrogen) atoms. The van der Waals surface area contributed by atoms with Crippen molar-refractivity contribution >= 4 is 23.3 Å². The molecule has 0 unspecified atom stereocenters. The van der Waals surface area contributed by atoms with Gasteiger partial charge in [0, 0.05) is 23.6 Å². The molecule has 1 amide bonds. The average Bonchev–Trinajstić information content (AvgIpc) is 3.29. The Morgan fingerprint density at radius 3 is 2.35 bits per heavy atom. The van der Waals surface area contributed by atoms with E-state index in [4.69, 9.17) is 0 Å². The lowest BCUT2D eigenvalue weighted by Gasteiger charge is -2.05. The minimum absolute atomic E-state index is 0.0368. The Hall–Kier alpha value is -2.17. The van der Waals surface area contributed by atoms with Gasteiger partial charge in [-0.3, -0.25) is 14.4 Å². The van der Waals surface area contributed by atoms with E-state index in [0.29, 0.717) is 11.3 Å². The number of ketones is 1. The molecule has 0 radical (unpaired) electrons. The quantitative estimate of drug-likeness (QED) is 0.638. The summed E-state index contributed by atoms with van der Waals surface area (Å²) in [4.78, 5) is 34.4. The number of benzene rings is 1. The lowest BCUT2D eigenvalue weighted by molar-refractivity contribution is -0.140. The van der Waals surface area contributed by atoms with E-state index in [0.717, 1.165) is 12.8 Å². The summed E-state index contributed by atoms with van der Waals surface area (Å²) in [7, 11) is 1.30. The van der Waals surface area contributed by atoms with Gasteiger partial charge in [-0.15, -0.1) is 0 Å². The number of hydrogen-bond acceptors (Lipinski definition) is 4. The van der Waals surface area contributed by atoms with Crippen LogP contribution in [-0.4, -0.2) is 24.8 Å². The number of ether oxygens (including phenoxy) is 1. The van der Waals surface area contributed by atoms with Crippen molar-refractivity contribution in [2.75, 3.05) is 12.4 Å². The standard InChI is InChI=1S/C15H17NO4/c1-20-14(18)9-8-13(17)10-4-6-12(7-5-10)16-15(19)11-2-3-11/h4-7,11H,2-3,8-9H2,1H3,(H,16,19). The van der Waals surface area contributed by atoms with E-state index in [1.165, 1.54) is 7.11 Å². The number of nitrogens with one attached hydrogen (secondary N) is 1. The molecule has 0 aromatic heterocycles. The predicted octanol–water partition coefficient (Wildman–Crippen LogP) is 2.17. The van der Waals surface area contributed by atoms with E-state index in [1.54, 1.807) is 24.3 Å². The molecule has 1 aliphatic rings. The predicted molar refractivity (Wildman–Crippen MR) is 73.4 cm³/mol. The van der Waals surface area contributed by atoms with E-state index in [9.17, 15) is 14.4 Å². The van der Waals surface area contributed by atoms with E-state index >= 15 is 0 Å². The van der Waals surface area contributed by atoms with Gasteiger partial charge in [-0.05, 0) is 37.1 Å². The maximum Gasteiger partial charge on any atom is 0.305 e.